The Morgan fingerprint density at radius 1 is 0.938 bits per heavy atom. The molecular weight excluding hydrogens is 404 g/mol. The molecule has 1 aliphatic heterocycles. The lowest BCUT2D eigenvalue weighted by molar-refractivity contribution is 0.0342. The second-order valence-electron chi connectivity index (χ2n) is 7.73. The average Bonchev–Trinajstić information content (AvgIpc) is 3.23. The third-order valence-electron chi connectivity index (χ3n) is 5.39. The number of carbonyl (C=O) groups is 1. The van der Waals surface area contributed by atoms with Crippen molar-refractivity contribution in [1.29, 1.82) is 0 Å². The van der Waals surface area contributed by atoms with Crippen LogP contribution in [-0.4, -0.2) is 42.1 Å². The second kappa shape index (κ2) is 9.21. The molecule has 7 heteroatoms. The smallest absolute Gasteiger partial charge is 0.300 e. The highest BCUT2D eigenvalue weighted by Crippen LogP contribution is 2.24. The van der Waals surface area contributed by atoms with E-state index >= 15 is 0 Å². The van der Waals surface area contributed by atoms with Gasteiger partial charge in [-0.2, -0.15) is 4.98 Å². The Morgan fingerprint density at radius 3 is 2.53 bits per heavy atom. The van der Waals surface area contributed by atoms with Crippen molar-refractivity contribution in [3.63, 3.8) is 0 Å². The van der Waals surface area contributed by atoms with Crippen molar-refractivity contribution in [2.45, 2.75) is 6.54 Å². The number of morpholine rings is 1. The number of amides is 1. The molecule has 3 aromatic carbocycles. The number of rotatable bonds is 6. The minimum Gasteiger partial charge on any atom is -0.423 e. The zero-order valence-electron chi connectivity index (χ0n) is 17.6. The van der Waals surface area contributed by atoms with Gasteiger partial charge in [0.2, 0.25) is 0 Å². The van der Waals surface area contributed by atoms with E-state index in [1.165, 1.54) is 5.56 Å². The topological polar surface area (TPSA) is 79.6 Å². The quantitative estimate of drug-likeness (QED) is 0.465. The van der Waals surface area contributed by atoms with E-state index in [0.717, 1.165) is 49.6 Å². The molecule has 0 atom stereocenters. The largest absolute Gasteiger partial charge is 0.423 e. The maximum absolute atomic E-state index is 12.7. The van der Waals surface area contributed by atoms with Crippen molar-refractivity contribution < 1.29 is 13.9 Å². The molecule has 32 heavy (non-hydrogen) atoms. The van der Waals surface area contributed by atoms with Crippen LogP contribution in [0.3, 0.4) is 0 Å². The van der Waals surface area contributed by atoms with Gasteiger partial charge in [0.05, 0.1) is 13.2 Å². The molecule has 1 fully saturated rings. The van der Waals surface area contributed by atoms with Crippen LogP contribution < -0.4 is 10.6 Å². The van der Waals surface area contributed by atoms with E-state index in [2.05, 4.69) is 20.5 Å². The number of oxazole rings is 1. The van der Waals surface area contributed by atoms with Gasteiger partial charge in [-0.3, -0.25) is 9.69 Å². The van der Waals surface area contributed by atoms with Crippen molar-refractivity contribution in [3.05, 3.63) is 83.9 Å². The molecule has 4 aromatic rings. The summed E-state index contributed by atoms with van der Waals surface area (Å²) >= 11 is 0. The first-order valence-corrected chi connectivity index (χ1v) is 10.7. The zero-order valence-corrected chi connectivity index (χ0v) is 17.6. The Bertz CT molecular complexity index is 1180. The number of ether oxygens (including phenoxy) is 1. The summed E-state index contributed by atoms with van der Waals surface area (Å²) in [6, 6.07) is 23.2. The number of carbonyl (C=O) groups excluding carboxylic acids is 1. The van der Waals surface area contributed by atoms with Gasteiger partial charge in [-0.15, -0.1) is 0 Å². The molecular formula is C25H24N4O3. The van der Waals surface area contributed by atoms with Gasteiger partial charge >= 0.3 is 0 Å². The Balaban J connectivity index is 1.22. The molecule has 5 rings (SSSR count). The fourth-order valence-electron chi connectivity index (χ4n) is 3.71. The summed E-state index contributed by atoms with van der Waals surface area (Å²) in [5.74, 6) is -0.151. The van der Waals surface area contributed by atoms with E-state index in [1.807, 2.05) is 72.8 Å². The normalized spacial score (nSPS) is 14.4. The standard InChI is InChI=1S/C25H24N4O3/c30-24(19-10-8-18(9-11-19)17-29-12-14-31-15-13-29)26-20-4-3-5-21(16-20)27-25-28-22-6-1-2-7-23(22)32-25/h1-11,16H,12-15,17H2,(H,26,30)(H,27,28). The minimum atomic E-state index is -0.151. The predicted molar refractivity (Wildman–Crippen MR) is 124 cm³/mol. The maximum Gasteiger partial charge on any atom is 0.300 e. The Labute approximate surface area is 186 Å². The molecule has 7 nitrogen and oxygen atoms in total. The molecule has 1 aliphatic rings. The van der Waals surface area contributed by atoms with Crippen LogP contribution in [0.5, 0.6) is 0 Å². The van der Waals surface area contributed by atoms with Crippen molar-refractivity contribution in [2.24, 2.45) is 0 Å². The van der Waals surface area contributed by atoms with E-state index in [9.17, 15) is 4.79 Å². The number of hydrogen-bond donors (Lipinski definition) is 2. The van der Waals surface area contributed by atoms with E-state index in [1.54, 1.807) is 0 Å². The third kappa shape index (κ3) is 4.80. The third-order valence-corrected chi connectivity index (χ3v) is 5.39. The van der Waals surface area contributed by atoms with Crippen LogP contribution in [0.2, 0.25) is 0 Å². The lowest BCUT2D eigenvalue weighted by atomic mass is 10.1. The molecule has 162 valence electrons. The van der Waals surface area contributed by atoms with Gasteiger partial charge in [0.15, 0.2) is 5.58 Å². The van der Waals surface area contributed by atoms with E-state index in [-0.39, 0.29) is 5.91 Å². The molecule has 1 amide bonds. The van der Waals surface area contributed by atoms with Gasteiger partial charge in [0.1, 0.15) is 5.52 Å². The maximum atomic E-state index is 12.7. The first-order chi connectivity index (χ1) is 15.7. The number of aromatic nitrogens is 1. The molecule has 0 radical (unpaired) electrons. The number of nitrogens with zero attached hydrogens (tertiary/aromatic N) is 2. The van der Waals surface area contributed by atoms with Gasteiger partial charge < -0.3 is 19.8 Å². The number of anilines is 3. The Morgan fingerprint density at radius 2 is 1.72 bits per heavy atom. The highest BCUT2D eigenvalue weighted by Gasteiger charge is 2.12. The highest BCUT2D eigenvalue weighted by molar-refractivity contribution is 6.04. The minimum absolute atomic E-state index is 0.151. The zero-order chi connectivity index (χ0) is 21.8. The molecule has 0 bridgehead atoms. The van der Waals surface area contributed by atoms with Crippen LogP contribution in [0.25, 0.3) is 11.1 Å². The second-order valence-corrected chi connectivity index (χ2v) is 7.73. The molecule has 0 aliphatic carbocycles. The van der Waals surface area contributed by atoms with Crippen molar-refractivity contribution in [2.75, 3.05) is 36.9 Å². The average molecular weight is 428 g/mol. The van der Waals surface area contributed by atoms with Gasteiger partial charge in [-0.05, 0) is 48.0 Å². The van der Waals surface area contributed by atoms with Crippen LogP contribution >= 0.6 is 0 Å². The fourth-order valence-corrected chi connectivity index (χ4v) is 3.71. The van der Waals surface area contributed by atoms with Gasteiger partial charge in [-0.1, -0.05) is 30.3 Å². The van der Waals surface area contributed by atoms with Gasteiger partial charge in [0.25, 0.3) is 11.9 Å². The lowest BCUT2D eigenvalue weighted by Crippen LogP contribution is -2.35. The van der Waals surface area contributed by atoms with Crippen LogP contribution in [-0.2, 0) is 11.3 Å². The van der Waals surface area contributed by atoms with Crippen LogP contribution in [0, 0.1) is 0 Å². The molecule has 0 spiro atoms. The monoisotopic (exact) mass is 428 g/mol. The molecule has 1 saturated heterocycles. The molecule has 2 N–H and O–H groups in total. The molecule has 1 aromatic heterocycles. The van der Waals surface area contributed by atoms with Gasteiger partial charge in [-0.25, -0.2) is 0 Å². The molecule has 0 unspecified atom stereocenters. The first-order valence-electron chi connectivity index (χ1n) is 10.7. The molecule has 0 saturated carbocycles. The van der Waals surface area contributed by atoms with Gasteiger partial charge in [0, 0.05) is 36.6 Å². The van der Waals surface area contributed by atoms with Crippen molar-refractivity contribution >= 4 is 34.4 Å². The summed E-state index contributed by atoms with van der Waals surface area (Å²) in [5.41, 5.74) is 4.78. The Kier molecular flexibility index (Phi) is 5.83. The number of fused-ring (bicyclic) bond motifs is 1. The number of benzene rings is 3. The summed E-state index contributed by atoms with van der Waals surface area (Å²) in [7, 11) is 0. The van der Waals surface area contributed by atoms with Crippen LogP contribution in [0.15, 0.2) is 77.2 Å². The van der Waals surface area contributed by atoms with Crippen molar-refractivity contribution in [3.8, 4) is 0 Å². The SMILES string of the molecule is O=C(Nc1cccc(Nc2nc3ccccc3o2)c1)c1ccc(CN2CCOCC2)cc1. The first kappa shape index (κ1) is 20.2. The van der Waals surface area contributed by atoms with Crippen molar-refractivity contribution in [1.82, 2.24) is 9.88 Å². The predicted octanol–water partition coefficient (Wildman–Crippen LogP) is 4.66. The molecule has 2 heterocycles. The summed E-state index contributed by atoms with van der Waals surface area (Å²) in [6.45, 7) is 4.31. The Hall–Kier alpha value is -3.68. The lowest BCUT2D eigenvalue weighted by Gasteiger charge is -2.26. The van der Waals surface area contributed by atoms with Crippen LogP contribution in [0.4, 0.5) is 17.4 Å². The van der Waals surface area contributed by atoms with E-state index in [0.29, 0.717) is 17.3 Å². The number of para-hydroxylation sites is 2. The summed E-state index contributed by atoms with van der Waals surface area (Å²) in [5, 5.41) is 6.11. The van der Waals surface area contributed by atoms with E-state index < -0.39 is 0 Å². The summed E-state index contributed by atoms with van der Waals surface area (Å²) < 4.78 is 11.1. The highest BCUT2D eigenvalue weighted by atomic mass is 16.5. The summed E-state index contributed by atoms with van der Waals surface area (Å²) in [4.78, 5) is 19.5. The summed E-state index contributed by atoms with van der Waals surface area (Å²) in [6.07, 6.45) is 0. The number of hydrogen-bond acceptors (Lipinski definition) is 6. The number of nitrogens with one attached hydrogen (secondary N) is 2. The van der Waals surface area contributed by atoms with Crippen LogP contribution in [0.1, 0.15) is 15.9 Å². The fraction of sp³-hybridized carbons (Fsp3) is 0.200. The van der Waals surface area contributed by atoms with E-state index in [4.69, 9.17) is 9.15 Å².